The summed E-state index contributed by atoms with van der Waals surface area (Å²) in [5.74, 6) is -0.556. The van der Waals surface area contributed by atoms with Crippen LogP contribution in [0.2, 0.25) is 10.0 Å². The van der Waals surface area contributed by atoms with Gasteiger partial charge >= 0.3 is 0 Å². The van der Waals surface area contributed by atoms with Gasteiger partial charge in [-0.05, 0) is 36.4 Å². The van der Waals surface area contributed by atoms with Crippen LogP contribution in [0, 0.1) is 0 Å². The minimum Gasteiger partial charge on any atom is -0.321 e. The Balaban J connectivity index is 2.39. The molecule has 0 saturated carbocycles. The van der Waals surface area contributed by atoms with Gasteiger partial charge in [0.2, 0.25) is 10.0 Å². The summed E-state index contributed by atoms with van der Waals surface area (Å²) in [4.78, 5) is 12.4. The zero-order valence-electron chi connectivity index (χ0n) is 12.7. The van der Waals surface area contributed by atoms with E-state index in [9.17, 15) is 13.2 Å². The summed E-state index contributed by atoms with van der Waals surface area (Å²) in [6, 6.07) is 8.93. The van der Waals surface area contributed by atoms with Gasteiger partial charge in [0.05, 0.1) is 26.2 Å². The van der Waals surface area contributed by atoms with E-state index >= 15 is 0 Å². The highest BCUT2D eigenvalue weighted by atomic mass is 79.9. The Morgan fingerprint density at radius 1 is 1.08 bits per heavy atom. The van der Waals surface area contributed by atoms with Crippen molar-refractivity contribution in [2.45, 2.75) is 4.90 Å². The Labute approximate surface area is 158 Å². The maximum atomic E-state index is 12.4. The summed E-state index contributed by atoms with van der Waals surface area (Å²) in [7, 11) is -0.858. The number of carbonyl (C=O) groups is 1. The van der Waals surface area contributed by atoms with Crippen molar-refractivity contribution in [1.82, 2.24) is 4.31 Å². The number of hydrogen-bond donors (Lipinski definition) is 1. The van der Waals surface area contributed by atoms with Crippen LogP contribution in [0.4, 0.5) is 5.69 Å². The Morgan fingerprint density at radius 3 is 2.33 bits per heavy atom. The van der Waals surface area contributed by atoms with Gasteiger partial charge in [-0.25, -0.2) is 12.7 Å². The molecule has 0 aliphatic carbocycles. The molecule has 5 nitrogen and oxygen atoms in total. The lowest BCUT2D eigenvalue weighted by atomic mass is 10.2. The number of nitrogens with one attached hydrogen (secondary N) is 1. The van der Waals surface area contributed by atoms with Crippen LogP contribution < -0.4 is 5.32 Å². The van der Waals surface area contributed by atoms with E-state index in [0.717, 1.165) is 8.78 Å². The average molecular weight is 452 g/mol. The molecule has 0 bridgehead atoms. The molecule has 2 aromatic carbocycles. The minimum atomic E-state index is -3.67. The second-order valence-corrected chi connectivity index (χ2v) is 8.89. The van der Waals surface area contributed by atoms with Crippen LogP contribution in [-0.2, 0) is 10.0 Å². The Hall–Kier alpha value is -1.12. The van der Waals surface area contributed by atoms with Gasteiger partial charge < -0.3 is 5.32 Å². The van der Waals surface area contributed by atoms with Gasteiger partial charge in [0.15, 0.2) is 0 Å². The fourth-order valence-electron chi connectivity index (χ4n) is 1.83. The molecule has 0 aliphatic heterocycles. The van der Waals surface area contributed by atoms with Gasteiger partial charge in [0.1, 0.15) is 0 Å². The van der Waals surface area contributed by atoms with Crippen LogP contribution in [0.1, 0.15) is 10.4 Å². The van der Waals surface area contributed by atoms with Gasteiger partial charge in [-0.15, -0.1) is 0 Å². The largest absolute Gasteiger partial charge is 0.321 e. The van der Waals surface area contributed by atoms with Gasteiger partial charge in [-0.3, -0.25) is 4.79 Å². The number of amides is 1. The van der Waals surface area contributed by atoms with Crippen molar-refractivity contribution in [1.29, 1.82) is 0 Å². The summed E-state index contributed by atoms with van der Waals surface area (Å²) >= 11 is 15.4. The first-order valence-electron chi connectivity index (χ1n) is 6.61. The van der Waals surface area contributed by atoms with Crippen LogP contribution in [0.3, 0.4) is 0 Å². The molecule has 128 valence electrons. The molecule has 2 rings (SSSR count). The highest BCUT2D eigenvalue weighted by Crippen LogP contribution is 2.28. The van der Waals surface area contributed by atoms with E-state index in [4.69, 9.17) is 23.2 Å². The molecule has 0 unspecified atom stereocenters. The summed E-state index contributed by atoms with van der Waals surface area (Å²) in [5, 5.41) is 3.09. The zero-order valence-corrected chi connectivity index (χ0v) is 16.6. The van der Waals surface area contributed by atoms with E-state index in [1.54, 1.807) is 18.2 Å². The quantitative estimate of drug-likeness (QED) is 0.755. The van der Waals surface area contributed by atoms with Gasteiger partial charge in [0.25, 0.3) is 5.91 Å². The van der Waals surface area contributed by atoms with Crippen molar-refractivity contribution in [2.75, 3.05) is 19.4 Å². The fraction of sp³-hybridized carbons (Fsp3) is 0.133. The van der Waals surface area contributed by atoms with E-state index in [0.29, 0.717) is 10.7 Å². The standard InChI is InChI=1S/C15H13BrCl2N2O3S/c1-20(2)24(22,23)10-4-5-12(17)11(8-10)15(21)19-14-6-3-9(16)7-13(14)18/h3-8H,1-2H3,(H,19,21). The molecule has 2 aromatic rings. The number of sulfonamides is 1. The predicted molar refractivity (Wildman–Crippen MR) is 99.4 cm³/mol. The van der Waals surface area contributed by atoms with Crippen molar-refractivity contribution in [2.24, 2.45) is 0 Å². The number of hydrogen-bond acceptors (Lipinski definition) is 3. The van der Waals surface area contributed by atoms with Crippen molar-refractivity contribution in [3.63, 3.8) is 0 Å². The Bertz CT molecular complexity index is 902. The molecule has 0 radical (unpaired) electrons. The van der Waals surface area contributed by atoms with Gasteiger partial charge in [-0.1, -0.05) is 39.1 Å². The molecular weight excluding hydrogens is 439 g/mol. The second kappa shape index (κ2) is 7.41. The number of rotatable bonds is 4. The third-order valence-corrected chi connectivity index (χ3v) is 6.09. The number of benzene rings is 2. The third-order valence-electron chi connectivity index (χ3n) is 3.14. The van der Waals surface area contributed by atoms with E-state index in [1.165, 1.54) is 32.3 Å². The molecule has 24 heavy (non-hydrogen) atoms. The highest BCUT2D eigenvalue weighted by molar-refractivity contribution is 9.10. The smallest absolute Gasteiger partial charge is 0.257 e. The lowest BCUT2D eigenvalue weighted by Gasteiger charge is -2.13. The molecule has 0 aliphatic rings. The summed E-state index contributed by atoms with van der Waals surface area (Å²) in [5.41, 5.74) is 0.431. The Kier molecular flexibility index (Phi) is 5.93. The molecular formula is C15H13BrCl2N2O3S. The molecule has 0 atom stereocenters. The fourth-order valence-corrected chi connectivity index (χ4v) is 3.68. The first kappa shape index (κ1) is 19.2. The van der Waals surface area contributed by atoms with Crippen LogP contribution in [0.25, 0.3) is 0 Å². The predicted octanol–water partition coefficient (Wildman–Crippen LogP) is 4.26. The second-order valence-electron chi connectivity index (χ2n) is 5.01. The van der Waals surface area contributed by atoms with Crippen LogP contribution >= 0.6 is 39.1 Å². The number of anilines is 1. The third kappa shape index (κ3) is 4.10. The van der Waals surface area contributed by atoms with Gasteiger partial charge in [-0.2, -0.15) is 0 Å². The molecule has 0 heterocycles. The molecule has 0 saturated heterocycles. The van der Waals surface area contributed by atoms with E-state index < -0.39 is 15.9 Å². The van der Waals surface area contributed by atoms with E-state index in [-0.39, 0.29) is 15.5 Å². The van der Waals surface area contributed by atoms with Crippen molar-refractivity contribution < 1.29 is 13.2 Å². The number of nitrogens with zero attached hydrogens (tertiary/aromatic N) is 1. The topological polar surface area (TPSA) is 66.5 Å². The molecule has 1 N–H and O–H groups in total. The highest BCUT2D eigenvalue weighted by Gasteiger charge is 2.21. The van der Waals surface area contributed by atoms with Crippen molar-refractivity contribution in [3.8, 4) is 0 Å². The zero-order chi connectivity index (χ0) is 18.1. The first-order valence-corrected chi connectivity index (χ1v) is 9.60. The molecule has 9 heteroatoms. The summed E-state index contributed by atoms with van der Waals surface area (Å²) in [6.07, 6.45) is 0. The van der Waals surface area contributed by atoms with Crippen LogP contribution in [-0.4, -0.2) is 32.7 Å². The molecule has 1 amide bonds. The maximum Gasteiger partial charge on any atom is 0.257 e. The number of halogens is 3. The first-order chi connectivity index (χ1) is 11.1. The van der Waals surface area contributed by atoms with Crippen molar-refractivity contribution >= 4 is 60.7 Å². The van der Waals surface area contributed by atoms with Gasteiger partial charge in [0, 0.05) is 18.6 Å². The average Bonchev–Trinajstić information content (AvgIpc) is 2.50. The molecule has 0 spiro atoms. The van der Waals surface area contributed by atoms with Crippen molar-refractivity contribution in [3.05, 3.63) is 56.5 Å². The van der Waals surface area contributed by atoms with E-state index in [2.05, 4.69) is 21.2 Å². The maximum absolute atomic E-state index is 12.4. The minimum absolute atomic E-state index is 0.0241. The summed E-state index contributed by atoms with van der Waals surface area (Å²) in [6.45, 7) is 0. The van der Waals surface area contributed by atoms with Crippen LogP contribution in [0.5, 0.6) is 0 Å². The lowest BCUT2D eigenvalue weighted by Crippen LogP contribution is -2.23. The summed E-state index contributed by atoms with van der Waals surface area (Å²) < 4.78 is 26.2. The normalized spacial score (nSPS) is 11.6. The monoisotopic (exact) mass is 450 g/mol. The van der Waals surface area contributed by atoms with Crippen LogP contribution in [0.15, 0.2) is 45.8 Å². The number of carbonyl (C=O) groups excluding carboxylic acids is 1. The SMILES string of the molecule is CN(C)S(=O)(=O)c1ccc(Cl)c(C(=O)Nc2ccc(Br)cc2Cl)c1. The molecule has 0 fully saturated rings. The van der Waals surface area contributed by atoms with E-state index in [1.807, 2.05) is 0 Å². The molecule has 0 aromatic heterocycles. The lowest BCUT2D eigenvalue weighted by molar-refractivity contribution is 0.102. The Morgan fingerprint density at radius 2 is 1.75 bits per heavy atom.